The molecule has 1 saturated heterocycles. The molecule has 0 spiro atoms. The quantitative estimate of drug-likeness (QED) is 0.137. The van der Waals surface area contributed by atoms with Crippen molar-refractivity contribution in [1.82, 2.24) is 14.7 Å². The van der Waals surface area contributed by atoms with E-state index in [1.54, 1.807) is 0 Å². The van der Waals surface area contributed by atoms with E-state index in [4.69, 9.17) is 52.1 Å². The number of hydrogen-bond donors (Lipinski definition) is 2. The van der Waals surface area contributed by atoms with E-state index < -0.39 is 0 Å². The van der Waals surface area contributed by atoms with E-state index in [0.29, 0.717) is 38.1 Å². The molecule has 4 aromatic rings. The Morgan fingerprint density at radius 1 is 0.681 bits per heavy atom. The number of rotatable bonds is 13. The summed E-state index contributed by atoms with van der Waals surface area (Å²) >= 11 is 24.8. The summed E-state index contributed by atoms with van der Waals surface area (Å²) in [6.07, 6.45) is 5.56. The normalized spacial score (nSPS) is 18.1. The molecule has 0 aliphatic carbocycles. The maximum Gasteiger partial charge on any atom is 0.194 e. The van der Waals surface area contributed by atoms with Gasteiger partial charge in [0.15, 0.2) is 11.9 Å². The standard InChI is InChI=1S/C37H40Cl4N6/c38-32-12-9-25(21-34(32)40)14-17-46-30(23-44-36(46)42)7-3-4-16-45-24-31(20-27-8-11-28-5-1-2-6-29(28)19-27)47(37(45)43)18-15-26-10-13-33(39)35(41)22-26/h1-2,5-6,8-13,19,21-22,30-31,43H,3-4,7,14-18,20,23-24H2,(H2,42,44)/t30-,31-/m0/s1. The molecule has 0 saturated carbocycles. The molecule has 3 N–H and O–H groups in total. The van der Waals surface area contributed by atoms with Crippen LogP contribution < -0.4 is 5.73 Å². The lowest BCUT2D eigenvalue weighted by Gasteiger charge is -2.27. The minimum Gasteiger partial charge on any atom is -0.370 e. The molecule has 2 heterocycles. The van der Waals surface area contributed by atoms with Gasteiger partial charge in [-0.2, -0.15) is 0 Å². The Hall–Kier alpha value is -3.16. The number of nitrogens with zero attached hydrogens (tertiary/aromatic N) is 4. The van der Waals surface area contributed by atoms with Crippen molar-refractivity contribution in [3.8, 4) is 0 Å². The molecule has 1 fully saturated rings. The Labute approximate surface area is 297 Å². The van der Waals surface area contributed by atoms with Gasteiger partial charge in [-0.15, -0.1) is 0 Å². The molecule has 0 unspecified atom stereocenters. The highest BCUT2D eigenvalue weighted by atomic mass is 35.5. The van der Waals surface area contributed by atoms with Crippen molar-refractivity contribution in [2.24, 2.45) is 10.7 Å². The van der Waals surface area contributed by atoms with Crippen LogP contribution in [-0.4, -0.2) is 71.4 Å². The van der Waals surface area contributed by atoms with Gasteiger partial charge in [-0.3, -0.25) is 10.4 Å². The predicted molar refractivity (Wildman–Crippen MR) is 199 cm³/mol. The third-order valence-corrected chi connectivity index (χ3v) is 10.9. The minimum atomic E-state index is 0.214. The fourth-order valence-electron chi connectivity index (χ4n) is 6.78. The lowest BCUT2D eigenvalue weighted by atomic mass is 10.0. The molecule has 47 heavy (non-hydrogen) atoms. The fourth-order valence-corrected chi connectivity index (χ4v) is 7.43. The van der Waals surface area contributed by atoms with Gasteiger partial charge in [-0.05, 0) is 90.3 Å². The third-order valence-electron chi connectivity index (χ3n) is 9.39. The van der Waals surface area contributed by atoms with E-state index in [2.05, 4.69) is 62.2 Å². The van der Waals surface area contributed by atoms with Gasteiger partial charge in [0.1, 0.15) is 0 Å². The van der Waals surface area contributed by atoms with Crippen LogP contribution in [0.3, 0.4) is 0 Å². The Morgan fingerprint density at radius 2 is 1.32 bits per heavy atom. The molecule has 2 aliphatic heterocycles. The number of hydrogen-bond acceptors (Lipinski definition) is 4. The number of nitrogens with one attached hydrogen (secondary N) is 1. The van der Waals surface area contributed by atoms with Gasteiger partial charge in [0.25, 0.3) is 0 Å². The Kier molecular flexibility index (Phi) is 11.0. The monoisotopic (exact) mass is 708 g/mol. The molecule has 0 bridgehead atoms. The van der Waals surface area contributed by atoms with Crippen molar-refractivity contribution in [2.45, 2.75) is 50.6 Å². The first kappa shape index (κ1) is 33.7. The number of halogens is 4. The van der Waals surface area contributed by atoms with Crippen molar-refractivity contribution in [3.63, 3.8) is 0 Å². The smallest absolute Gasteiger partial charge is 0.194 e. The van der Waals surface area contributed by atoms with Crippen molar-refractivity contribution in [1.29, 1.82) is 5.41 Å². The first-order valence-corrected chi connectivity index (χ1v) is 17.8. The van der Waals surface area contributed by atoms with E-state index in [9.17, 15) is 5.41 Å². The van der Waals surface area contributed by atoms with E-state index >= 15 is 0 Å². The average molecular weight is 711 g/mol. The van der Waals surface area contributed by atoms with Gasteiger partial charge in [-0.1, -0.05) is 101 Å². The minimum absolute atomic E-state index is 0.214. The molecular formula is C37H40Cl4N6. The van der Waals surface area contributed by atoms with Gasteiger partial charge >= 0.3 is 0 Å². The summed E-state index contributed by atoms with van der Waals surface area (Å²) in [4.78, 5) is 11.3. The summed E-state index contributed by atoms with van der Waals surface area (Å²) in [5, 5.41) is 14.0. The zero-order chi connectivity index (χ0) is 32.9. The summed E-state index contributed by atoms with van der Waals surface area (Å²) in [7, 11) is 0. The maximum atomic E-state index is 9.20. The predicted octanol–water partition coefficient (Wildman–Crippen LogP) is 8.57. The maximum absolute atomic E-state index is 9.20. The van der Waals surface area contributed by atoms with Gasteiger partial charge in [0, 0.05) is 26.2 Å². The largest absolute Gasteiger partial charge is 0.370 e. The van der Waals surface area contributed by atoms with Crippen molar-refractivity contribution < 1.29 is 0 Å². The second-order valence-electron chi connectivity index (χ2n) is 12.5. The number of guanidine groups is 2. The Balaban J connectivity index is 1.05. The molecule has 2 atom stereocenters. The number of aliphatic imine (C=N–C) groups is 1. The van der Waals surface area contributed by atoms with Crippen LogP contribution in [-0.2, 0) is 19.3 Å². The third kappa shape index (κ3) is 8.29. The summed E-state index contributed by atoms with van der Waals surface area (Å²) in [6, 6.07) is 27.3. The molecule has 246 valence electrons. The second-order valence-corrected chi connectivity index (χ2v) is 14.2. The molecule has 6 nitrogen and oxygen atoms in total. The summed E-state index contributed by atoms with van der Waals surface area (Å²) < 4.78 is 0. The van der Waals surface area contributed by atoms with Crippen LogP contribution in [0.2, 0.25) is 20.1 Å². The van der Waals surface area contributed by atoms with Crippen molar-refractivity contribution in [3.05, 3.63) is 116 Å². The molecule has 4 aromatic carbocycles. The van der Waals surface area contributed by atoms with Crippen LogP contribution in [0.4, 0.5) is 0 Å². The van der Waals surface area contributed by atoms with Crippen molar-refractivity contribution in [2.75, 3.05) is 32.7 Å². The van der Waals surface area contributed by atoms with Gasteiger partial charge in [0.05, 0.1) is 38.7 Å². The van der Waals surface area contributed by atoms with Crippen LogP contribution in [0.1, 0.15) is 36.0 Å². The Bertz CT molecular complexity index is 1760. The van der Waals surface area contributed by atoms with Crippen LogP contribution in [0.25, 0.3) is 10.8 Å². The van der Waals surface area contributed by atoms with Crippen LogP contribution in [0.5, 0.6) is 0 Å². The first-order valence-electron chi connectivity index (χ1n) is 16.3. The summed E-state index contributed by atoms with van der Waals surface area (Å²) in [5.74, 6) is 1.22. The molecule has 0 radical (unpaired) electrons. The number of unbranched alkanes of at least 4 members (excludes halogenated alkanes) is 1. The molecule has 6 rings (SSSR count). The lowest BCUT2D eigenvalue weighted by Crippen LogP contribution is -2.42. The highest BCUT2D eigenvalue weighted by Crippen LogP contribution is 2.27. The number of fused-ring (bicyclic) bond motifs is 1. The first-order chi connectivity index (χ1) is 22.7. The molecule has 2 aliphatic rings. The molecule has 10 heteroatoms. The van der Waals surface area contributed by atoms with E-state index in [-0.39, 0.29) is 6.04 Å². The molecular weight excluding hydrogens is 670 g/mol. The highest BCUT2D eigenvalue weighted by molar-refractivity contribution is 6.42. The van der Waals surface area contributed by atoms with Gasteiger partial charge < -0.3 is 20.4 Å². The zero-order valence-corrected chi connectivity index (χ0v) is 29.3. The van der Waals surface area contributed by atoms with Crippen LogP contribution in [0.15, 0.2) is 83.9 Å². The fraction of sp³-hybridized carbons (Fsp3) is 0.351. The number of benzene rings is 4. The Morgan fingerprint density at radius 3 is 2.00 bits per heavy atom. The SMILES string of the molecule is N=C1N(CCCC[C@H]2CN=C(N)N2CCc2ccc(Cl)c(Cl)c2)C[C@H](Cc2ccc3ccccc3c2)N1CCc1ccc(Cl)c(Cl)c1. The van der Waals surface area contributed by atoms with Gasteiger partial charge in [0.2, 0.25) is 0 Å². The summed E-state index contributed by atoms with van der Waals surface area (Å²) in [6.45, 7) is 3.95. The van der Waals surface area contributed by atoms with Crippen molar-refractivity contribution >= 4 is 69.1 Å². The van der Waals surface area contributed by atoms with E-state index in [0.717, 1.165) is 82.4 Å². The second kappa shape index (κ2) is 15.4. The molecule has 0 aromatic heterocycles. The average Bonchev–Trinajstić information content (AvgIpc) is 3.57. The van der Waals surface area contributed by atoms with Gasteiger partial charge in [-0.25, -0.2) is 0 Å². The van der Waals surface area contributed by atoms with Crippen LogP contribution >= 0.6 is 46.4 Å². The zero-order valence-electron chi connectivity index (χ0n) is 26.3. The molecule has 0 amide bonds. The number of nitrogens with two attached hydrogens (primary N) is 1. The van der Waals surface area contributed by atoms with E-state index in [1.807, 2.05) is 36.4 Å². The topological polar surface area (TPSA) is 71.9 Å². The van der Waals surface area contributed by atoms with Crippen LogP contribution in [0, 0.1) is 5.41 Å². The summed E-state index contributed by atoms with van der Waals surface area (Å²) in [5.41, 5.74) is 9.84. The highest BCUT2D eigenvalue weighted by Gasteiger charge is 2.34. The lowest BCUT2D eigenvalue weighted by molar-refractivity contribution is 0.312. The van der Waals surface area contributed by atoms with E-state index in [1.165, 1.54) is 16.3 Å².